The van der Waals surface area contributed by atoms with Crippen molar-refractivity contribution < 1.29 is 14.3 Å². The van der Waals surface area contributed by atoms with E-state index in [-0.39, 0.29) is 24.0 Å². The Morgan fingerprint density at radius 3 is 2.58 bits per heavy atom. The fourth-order valence-electron chi connectivity index (χ4n) is 3.18. The zero-order chi connectivity index (χ0) is 18.8. The lowest BCUT2D eigenvalue weighted by molar-refractivity contribution is -0.143. The van der Waals surface area contributed by atoms with Gasteiger partial charge in [0.1, 0.15) is 6.10 Å². The summed E-state index contributed by atoms with van der Waals surface area (Å²) in [4.78, 5) is 26.4. The summed E-state index contributed by atoms with van der Waals surface area (Å²) < 4.78 is 5.60. The van der Waals surface area contributed by atoms with E-state index < -0.39 is 0 Å². The molecule has 1 atom stereocenters. The predicted octanol–water partition coefficient (Wildman–Crippen LogP) is 2.93. The number of likely N-dealkylation sites (tertiary alicyclic amines) is 1. The Balaban J connectivity index is 1.66. The summed E-state index contributed by atoms with van der Waals surface area (Å²) in [7, 11) is 0. The first kappa shape index (κ1) is 20.4. The molecule has 1 heterocycles. The van der Waals surface area contributed by atoms with Crippen LogP contribution in [0.15, 0.2) is 30.3 Å². The molecule has 1 aromatic carbocycles. The first-order chi connectivity index (χ1) is 12.6. The predicted molar refractivity (Wildman–Crippen MR) is 103 cm³/mol. The number of hydrogen-bond acceptors (Lipinski definition) is 3. The smallest absolute Gasteiger partial charge is 0.251 e. The number of nitrogens with zero attached hydrogens (tertiary/aromatic N) is 1. The molecule has 0 bridgehead atoms. The Hall–Kier alpha value is -1.88. The average molecular weight is 360 g/mol. The molecule has 0 saturated carbocycles. The number of carbonyl (C=O) groups is 2. The molecule has 1 aliphatic heterocycles. The van der Waals surface area contributed by atoms with Crippen molar-refractivity contribution in [1.29, 1.82) is 0 Å². The van der Waals surface area contributed by atoms with E-state index in [4.69, 9.17) is 4.74 Å². The zero-order valence-corrected chi connectivity index (χ0v) is 16.1. The minimum Gasteiger partial charge on any atom is -0.369 e. The van der Waals surface area contributed by atoms with Crippen molar-refractivity contribution in [3.63, 3.8) is 0 Å². The highest BCUT2D eigenvalue weighted by Crippen LogP contribution is 2.13. The molecule has 0 aliphatic carbocycles. The van der Waals surface area contributed by atoms with Gasteiger partial charge in [-0.15, -0.1) is 0 Å². The molecule has 0 radical (unpaired) electrons. The van der Waals surface area contributed by atoms with Crippen LogP contribution in [0.5, 0.6) is 0 Å². The van der Waals surface area contributed by atoms with Crippen LogP contribution in [0.2, 0.25) is 0 Å². The second kappa shape index (κ2) is 11.0. The molecule has 1 aliphatic rings. The van der Waals surface area contributed by atoms with Gasteiger partial charge in [-0.05, 0) is 38.2 Å². The van der Waals surface area contributed by atoms with Gasteiger partial charge < -0.3 is 15.0 Å². The zero-order valence-electron chi connectivity index (χ0n) is 16.1. The van der Waals surface area contributed by atoms with Crippen LogP contribution in [0.1, 0.15) is 51.5 Å². The van der Waals surface area contributed by atoms with E-state index in [0.29, 0.717) is 26.1 Å². The minimum absolute atomic E-state index is 0.0648. The van der Waals surface area contributed by atoms with Crippen LogP contribution in [0.4, 0.5) is 0 Å². The van der Waals surface area contributed by atoms with Crippen molar-refractivity contribution in [1.82, 2.24) is 10.2 Å². The van der Waals surface area contributed by atoms with E-state index >= 15 is 0 Å². The number of unbranched alkanes of at least 4 members (excludes halogenated alkanes) is 1. The number of benzene rings is 1. The maximum Gasteiger partial charge on any atom is 0.251 e. The molecule has 0 aromatic heterocycles. The van der Waals surface area contributed by atoms with Gasteiger partial charge in [0.05, 0.1) is 0 Å². The van der Waals surface area contributed by atoms with Gasteiger partial charge in [0, 0.05) is 32.2 Å². The Labute approximate surface area is 157 Å². The highest BCUT2D eigenvalue weighted by molar-refractivity contribution is 5.80. The number of rotatable bonds is 9. The molecule has 1 fully saturated rings. The van der Waals surface area contributed by atoms with Gasteiger partial charge in [-0.25, -0.2) is 0 Å². The molecule has 1 N–H and O–H groups in total. The van der Waals surface area contributed by atoms with Gasteiger partial charge in [0.2, 0.25) is 5.91 Å². The summed E-state index contributed by atoms with van der Waals surface area (Å²) >= 11 is 0. The van der Waals surface area contributed by atoms with Crippen LogP contribution in [0.3, 0.4) is 0 Å². The Bertz CT molecular complexity index is 554. The minimum atomic E-state index is -0.376. The van der Waals surface area contributed by atoms with Gasteiger partial charge in [-0.3, -0.25) is 9.59 Å². The summed E-state index contributed by atoms with van der Waals surface area (Å²) in [5, 5.41) is 3.11. The molecule has 1 saturated heterocycles. The fourth-order valence-corrected chi connectivity index (χ4v) is 3.18. The summed E-state index contributed by atoms with van der Waals surface area (Å²) in [5.74, 6) is 0.157. The Morgan fingerprint density at radius 1 is 1.23 bits per heavy atom. The second-order valence-electron chi connectivity index (χ2n) is 7.02. The quantitative estimate of drug-likeness (QED) is 0.689. The highest BCUT2D eigenvalue weighted by atomic mass is 16.5. The standard InChI is InChI=1S/C21H32N2O3/c1-3-4-16-26-17(2)21(25)23-14-12-19(13-15-23)22-20(24)11-10-18-8-6-5-7-9-18/h5-9,17,19H,3-4,10-16H2,1-2H3,(H,22,24). The normalized spacial score (nSPS) is 16.3. The SMILES string of the molecule is CCCCOC(C)C(=O)N1CCC(NC(=O)CCc2ccccc2)CC1. The average Bonchev–Trinajstić information content (AvgIpc) is 2.67. The summed E-state index contributed by atoms with van der Waals surface area (Å²) in [6.45, 7) is 5.94. The number of ether oxygens (including phenoxy) is 1. The lowest BCUT2D eigenvalue weighted by Crippen LogP contribution is -2.49. The Kier molecular flexibility index (Phi) is 8.62. The molecule has 144 valence electrons. The molecule has 1 unspecified atom stereocenters. The van der Waals surface area contributed by atoms with Gasteiger partial charge in [0.15, 0.2) is 0 Å². The lowest BCUT2D eigenvalue weighted by atomic mass is 10.0. The molecule has 26 heavy (non-hydrogen) atoms. The summed E-state index contributed by atoms with van der Waals surface area (Å²) in [5.41, 5.74) is 1.18. The van der Waals surface area contributed by atoms with Crippen molar-refractivity contribution in [3.8, 4) is 0 Å². The van der Waals surface area contributed by atoms with Crippen LogP contribution in [-0.2, 0) is 20.7 Å². The van der Waals surface area contributed by atoms with Crippen molar-refractivity contribution in [3.05, 3.63) is 35.9 Å². The third-order valence-electron chi connectivity index (χ3n) is 4.87. The number of nitrogens with one attached hydrogen (secondary N) is 1. The van der Waals surface area contributed by atoms with Crippen molar-refractivity contribution in [2.24, 2.45) is 0 Å². The van der Waals surface area contributed by atoms with Gasteiger partial charge in [-0.2, -0.15) is 0 Å². The maximum atomic E-state index is 12.4. The molecular weight excluding hydrogens is 328 g/mol. The van der Waals surface area contributed by atoms with Crippen molar-refractivity contribution in [2.45, 2.75) is 64.5 Å². The van der Waals surface area contributed by atoms with Crippen molar-refractivity contribution >= 4 is 11.8 Å². The Morgan fingerprint density at radius 2 is 1.92 bits per heavy atom. The molecular formula is C21H32N2O3. The number of piperidine rings is 1. The van der Waals surface area contributed by atoms with Crippen LogP contribution in [0, 0.1) is 0 Å². The fraction of sp³-hybridized carbons (Fsp3) is 0.619. The van der Waals surface area contributed by atoms with Crippen LogP contribution >= 0.6 is 0 Å². The number of aryl methyl sites for hydroxylation is 1. The first-order valence-corrected chi connectivity index (χ1v) is 9.83. The molecule has 0 spiro atoms. The largest absolute Gasteiger partial charge is 0.369 e. The van der Waals surface area contributed by atoms with Crippen LogP contribution in [-0.4, -0.2) is 48.6 Å². The number of carbonyl (C=O) groups excluding carboxylic acids is 2. The third-order valence-corrected chi connectivity index (χ3v) is 4.87. The van der Waals surface area contributed by atoms with E-state index in [1.54, 1.807) is 0 Å². The second-order valence-corrected chi connectivity index (χ2v) is 7.02. The van der Waals surface area contributed by atoms with Crippen molar-refractivity contribution in [2.75, 3.05) is 19.7 Å². The summed E-state index contributed by atoms with van der Waals surface area (Å²) in [6, 6.07) is 10.2. The van der Waals surface area contributed by atoms with E-state index in [0.717, 1.165) is 32.1 Å². The maximum absolute atomic E-state index is 12.4. The molecule has 5 nitrogen and oxygen atoms in total. The lowest BCUT2D eigenvalue weighted by Gasteiger charge is -2.33. The first-order valence-electron chi connectivity index (χ1n) is 9.83. The third kappa shape index (κ3) is 6.79. The van der Waals surface area contributed by atoms with E-state index in [2.05, 4.69) is 12.2 Å². The van der Waals surface area contributed by atoms with E-state index in [1.165, 1.54) is 5.56 Å². The summed E-state index contributed by atoms with van der Waals surface area (Å²) in [6.07, 6.45) is 4.56. The van der Waals surface area contributed by atoms with E-state index in [1.807, 2.05) is 42.2 Å². The molecule has 2 rings (SSSR count). The highest BCUT2D eigenvalue weighted by Gasteiger charge is 2.26. The van der Waals surface area contributed by atoms with Crippen LogP contribution in [0.25, 0.3) is 0 Å². The van der Waals surface area contributed by atoms with Gasteiger partial charge in [-0.1, -0.05) is 43.7 Å². The molecule has 2 amide bonds. The van der Waals surface area contributed by atoms with E-state index in [9.17, 15) is 9.59 Å². The number of amides is 2. The molecule has 5 heteroatoms. The topological polar surface area (TPSA) is 58.6 Å². The number of hydrogen-bond donors (Lipinski definition) is 1. The van der Waals surface area contributed by atoms with Crippen LogP contribution < -0.4 is 5.32 Å². The van der Waals surface area contributed by atoms with Gasteiger partial charge in [0.25, 0.3) is 5.91 Å². The monoisotopic (exact) mass is 360 g/mol. The van der Waals surface area contributed by atoms with Gasteiger partial charge >= 0.3 is 0 Å². The molecule has 1 aromatic rings.